The number of thioether (sulfide) groups is 1. The zero-order chi connectivity index (χ0) is 32.7. The van der Waals surface area contributed by atoms with Crippen LogP contribution in [0, 0.1) is 5.92 Å². The third kappa shape index (κ3) is 10.9. The van der Waals surface area contributed by atoms with E-state index in [4.69, 9.17) is 10.5 Å². The van der Waals surface area contributed by atoms with Crippen molar-refractivity contribution >= 4 is 41.0 Å². The fourth-order valence-corrected chi connectivity index (χ4v) is 7.40. The molecule has 5 N–H and O–H groups in total. The second-order valence-electron chi connectivity index (χ2n) is 11.8. The summed E-state index contributed by atoms with van der Waals surface area (Å²) in [6.07, 6.45) is 10.3. The second-order valence-corrected chi connectivity index (χ2v) is 13.9. The lowest BCUT2D eigenvalue weighted by Crippen LogP contribution is -2.60. The van der Waals surface area contributed by atoms with Gasteiger partial charge in [0.1, 0.15) is 10.4 Å². The summed E-state index contributed by atoms with van der Waals surface area (Å²) in [4.78, 5) is 54.4. The van der Waals surface area contributed by atoms with Crippen molar-refractivity contribution in [3.63, 3.8) is 0 Å². The summed E-state index contributed by atoms with van der Waals surface area (Å²) in [6.45, 7) is 2.12. The van der Waals surface area contributed by atoms with Gasteiger partial charge in [-0.25, -0.2) is 19.7 Å². The van der Waals surface area contributed by atoms with Crippen molar-refractivity contribution in [2.45, 2.75) is 99.7 Å². The topological polar surface area (TPSA) is 164 Å². The van der Waals surface area contributed by atoms with Crippen molar-refractivity contribution < 1.29 is 24.2 Å². The van der Waals surface area contributed by atoms with Gasteiger partial charge in [-0.2, -0.15) is 0 Å². The van der Waals surface area contributed by atoms with Crippen LogP contribution < -0.4 is 11.1 Å². The zero-order valence-corrected chi connectivity index (χ0v) is 28.0. The van der Waals surface area contributed by atoms with E-state index in [0.717, 1.165) is 53.3 Å². The number of thiazole rings is 1. The number of benzene rings is 1. The number of amides is 3. The molecular weight excluding hydrogens is 625 g/mol. The number of hydrogen-bond acceptors (Lipinski definition) is 10. The third-order valence-electron chi connectivity index (χ3n) is 8.24. The first-order valence-electron chi connectivity index (χ1n) is 16.1. The average molecular weight is 671 g/mol. The van der Waals surface area contributed by atoms with Gasteiger partial charge in [-0.15, -0.1) is 11.3 Å². The standard InChI is InChI=1S/C33H46N6O5S2/c1-2-3-15-44-33(43)39(28(18-24-12-8-5-9-13-24)29(40)21-46-32-36-14-16-45-32)31(42)27(19-25-20-35-22-37-25)38-30(41)26(34)17-23-10-6-4-7-11-23/h4,6-7,10-11,14,16,20,22,24,26-29,40H,2-3,5,8-9,12-13,15,17-19,21,34H2,1H3,(H,35,37)(H,38,41)/t26-,27-,28-,29?/m0/s1. The molecule has 1 fully saturated rings. The summed E-state index contributed by atoms with van der Waals surface area (Å²) in [7, 11) is 0. The number of nitrogens with two attached hydrogens (primary N) is 1. The van der Waals surface area contributed by atoms with Gasteiger partial charge in [0, 0.05) is 29.9 Å². The van der Waals surface area contributed by atoms with Gasteiger partial charge in [0.2, 0.25) is 5.91 Å². The Labute approximate surface area is 279 Å². The fourth-order valence-electron chi connectivity index (χ4n) is 5.73. The maximum absolute atomic E-state index is 14.6. The lowest BCUT2D eigenvalue weighted by atomic mass is 9.83. The Morgan fingerprint density at radius 1 is 1.17 bits per heavy atom. The van der Waals surface area contributed by atoms with E-state index < -0.39 is 42.1 Å². The minimum atomic E-state index is -1.18. The van der Waals surface area contributed by atoms with Crippen molar-refractivity contribution in [1.82, 2.24) is 25.2 Å². The van der Waals surface area contributed by atoms with E-state index in [1.165, 1.54) is 29.4 Å². The Hall–Kier alpha value is -3.26. The molecule has 11 nitrogen and oxygen atoms in total. The smallest absolute Gasteiger partial charge is 0.416 e. The van der Waals surface area contributed by atoms with Crippen LogP contribution in [0.25, 0.3) is 0 Å². The molecule has 1 aliphatic carbocycles. The molecule has 1 aromatic carbocycles. The predicted molar refractivity (Wildman–Crippen MR) is 179 cm³/mol. The molecule has 0 radical (unpaired) electrons. The third-order valence-corrected chi connectivity index (χ3v) is 10.3. The molecule has 1 unspecified atom stereocenters. The number of aliphatic hydroxyl groups excluding tert-OH is 1. The molecule has 1 aliphatic rings. The summed E-state index contributed by atoms with van der Waals surface area (Å²) < 4.78 is 6.42. The van der Waals surface area contributed by atoms with E-state index in [2.05, 4.69) is 20.3 Å². The van der Waals surface area contributed by atoms with Crippen molar-refractivity contribution in [2.24, 2.45) is 11.7 Å². The number of hydrogen-bond donors (Lipinski definition) is 4. The van der Waals surface area contributed by atoms with Gasteiger partial charge in [-0.3, -0.25) is 9.59 Å². The highest BCUT2D eigenvalue weighted by atomic mass is 32.2. The van der Waals surface area contributed by atoms with Crippen molar-refractivity contribution in [3.05, 3.63) is 65.7 Å². The Morgan fingerprint density at radius 2 is 1.96 bits per heavy atom. The monoisotopic (exact) mass is 670 g/mol. The highest BCUT2D eigenvalue weighted by Gasteiger charge is 2.41. The second kappa shape index (κ2) is 18.8. The zero-order valence-electron chi connectivity index (χ0n) is 26.4. The fraction of sp³-hybridized carbons (Fsp3) is 0.545. The van der Waals surface area contributed by atoms with Gasteiger partial charge in [-0.05, 0) is 30.7 Å². The molecule has 0 saturated heterocycles. The first kappa shape index (κ1) is 35.6. The van der Waals surface area contributed by atoms with Crippen molar-refractivity contribution in [3.8, 4) is 0 Å². The number of carbonyl (C=O) groups is 3. The van der Waals surface area contributed by atoms with Crippen LogP contribution in [0.3, 0.4) is 0 Å². The molecule has 0 bridgehead atoms. The van der Waals surface area contributed by atoms with Crippen LogP contribution in [0.2, 0.25) is 0 Å². The van der Waals surface area contributed by atoms with Crippen molar-refractivity contribution in [2.75, 3.05) is 12.4 Å². The number of imidazole rings is 1. The number of carbonyl (C=O) groups excluding carboxylic acids is 3. The molecule has 3 aromatic rings. The lowest BCUT2D eigenvalue weighted by Gasteiger charge is -2.37. The largest absolute Gasteiger partial charge is 0.449 e. The van der Waals surface area contributed by atoms with Crippen LogP contribution in [0.5, 0.6) is 0 Å². The number of nitrogens with zero attached hydrogens (tertiary/aromatic N) is 3. The van der Waals surface area contributed by atoms with Crippen LogP contribution in [-0.2, 0) is 27.2 Å². The molecular formula is C33H46N6O5S2. The first-order valence-corrected chi connectivity index (χ1v) is 18.0. The van der Waals surface area contributed by atoms with Gasteiger partial charge in [0.05, 0.1) is 36.8 Å². The number of H-pyrrole nitrogens is 1. The SMILES string of the molecule is CCCCOC(=O)N(C(=O)[C@H](Cc1c[nH]cn1)NC(=O)[C@@H](N)Cc1ccccc1)[C@@H](CC1CCCCC1)C(O)CSc1nccs1. The normalized spacial score (nSPS) is 16.2. The maximum atomic E-state index is 14.6. The number of imide groups is 1. The quantitative estimate of drug-likeness (QED) is 0.118. The number of unbranched alkanes of at least 4 members (excludes halogenated alkanes) is 1. The number of aromatic nitrogens is 3. The molecule has 2 heterocycles. The minimum absolute atomic E-state index is 0.0188. The lowest BCUT2D eigenvalue weighted by molar-refractivity contribution is -0.139. The molecule has 0 aliphatic heterocycles. The predicted octanol–water partition coefficient (Wildman–Crippen LogP) is 4.72. The molecule has 250 valence electrons. The van der Waals surface area contributed by atoms with E-state index in [-0.39, 0.29) is 31.1 Å². The number of aromatic amines is 1. The minimum Gasteiger partial charge on any atom is -0.449 e. The Balaban J connectivity index is 1.63. The van der Waals surface area contributed by atoms with Gasteiger partial charge < -0.3 is 25.9 Å². The number of ether oxygens (including phenoxy) is 1. The van der Waals surface area contributed by atoms with Crippen LogP contribution in [0.15, 0.2) is 58.8 Å². The Kier molecular flexibility index (Phi) is 14.5. The van der Waals surface area contributed by atoms with Crippen LogP contribution in [0.4, 0.5) is 4.79 Å². The maximum Gasteiger partial charge on any atom is 0.416 e. The molecule has 4 atom stereocenters. The summed E-state index contributed by atoms with van der Waals surface area (Å²) in [6, 6.07) is 6.42. The Bertz CT molecular complexity index is 1320. The van der Waals surface area contributed by atoms with Gasteiger partial charge in [-0.1, -0.05) is 87.5 Å². The number of nitrogens with one attached hydrogen (secondary N) is 2. The number of aliphatic hydroxyl groups is 1. The molecule has 1 saturated carbocycles. The molecule has 46 heavy (non-hydrogen) atoms. The van der Waals surface area contributed by atoms with Crippen molar-refractivity contribution in [1.29, 1.82) is 0 Å². The summed E-state index contributed by atoms with van der Waals surface area (Å²) in [5.74, 6) is -0.727. The van der Waals surface area contributed by atoms with Gasteiger partial charge in [0.25, 0.3) is 5.91 Å². The highest BCUT2D eigenvalue weighted by molar-refractivity contribution is 8.01. The highest BCUT2D eigenvalue weighted by Crippen LogP contribution is 2.32. The first-order chi connectivity index (χ1) is 22.4. The van der Waals surface area contributed by atoms with E-state index >= 15 is 0 Å². The molecule has 13 heteroatoms. The van der Waals surface area contributed by atoms with Gasteiger partial charge >= 0.3 is 6.09 Å². The van der Waals surface area contributed by atoms with E-state index in [1.54, 1.807) is 12.4 Å². The average Bonchev–Trinajstić information content (AvgIpc) is 3.79. The summed E-state index contributed by atoms with van der Waals surface area (Å²) in [5.41, 5.74) is 7.72. The van der Waals surface area contributed by atoms with E-state index in [9.17, 15) is 19.5 Å². The van der Waals surface area contributed by atoms with E-state index in [1.807, 2.05) is 42.6 Å². The molecule has 0 spiro atoms. The summed E-state index contributed by atoms with van der Waals surface area (Å²) in [5, 5.41) is 16.4. The van der Waals surface area contributed by atoms with E-state index in [0.29, 0.717) is 18.5 Å². The van der Waals surface area contributed by atoms with Crippen LogP contribution in [0.1, 0.15) is 69.5 Å². The Morgan fingerprint density at radius 3 is 2.63 bits per heavy atom. The van der Waals surface area contributed by atoms with Gasteiger partial charge in [0.15, 0.2) is 0 Å². The van der Waals surface area contributed by atoms with Crippen LogP contribution in [-0.4, -0.2) is 79.5 Å². The van der Waals surface area contributed by atoms with Crippen LogP contribution >= 0.6 is 23.1 Å². The molecule has 3 amide bonds. The summed E-state index contributed by atoms with van der Waals surface area (Å²) >= 11 is 2.85. The molecule has 2 aromatic heterocycles. The molecule has 4 rings (SSSR count). The number of rotatable bonds is 17.